The van der Waals surface area contributed by atoms with Crippen LogP contribution in [0.4, 0.5) is 0 Å². The van der Waals surface area contributed by atoms with Crippen LogP contribution in [-0.4, -0.2) is 17.1 Å². The Bertz CT molecular complexity index is 474. The number of methoxy groups -OCH3 is 1. The molecule has 15 heavy (non-hydrogen) atoms. The Morgan fingerprint density at radius 2 is 2.13 bits per heavy atom. The lowest BCUT2D eigenvalue weighted by molar-refractivity contribution is 0.398. The van der Waals surface area contributed by atoms with Crippen molar-refractivity contribution in [3.8, 4) is 17.1 Å². The molecule has 0 bridgehead atoms. The molecule has 0 fully saturated rings. The van der Waals surface area contributed by atoms with Crippen molar-refractivity contribution >= 4 is 15.9 Å². The molecule has 3 nitrogen and oxygen atoms in total. The fourth-order valence-corrected chi connectivity index (χ4v) is 1.59. The van der Waals surface area contributed by atoms with E-state index in [0.717, 1.165) is 15.9 Å². The number of hydrogen-bond donors (Lipinski definition) is 0. The summed E-state index contributed by atoms with van der Waals surface area (Å²) in [5.41, 5.74) is 1.88. The van der Waals surface area contributed by atoms with Crippen LogP contribution >= 0.6 is 15.9 Å². The Morgan fingerprint density at radius 1 is 1.27 bits per heavy atom. The fourth-order valence-electron chi connectivity index (χ4n) is 1.25. The van der Waals surface area contributed by atoms with E-state index in [4.69, 9.17) is 4.74 Å². The lowest BCUT2D eigenvalue weighted by Gasteiger charge is -2.03. The number of nitrogens with zero attached hydrogens (tertiary/aromatic N) is 2. The average molecular weight is 265 g/mol. The molecule has 4 heteroatoms. The highest BCUT2D eigenvalue weighted by molar-refractivity contribution is 9.10. The highest BCUT2D eigenvalue weighted by atomic mass is 79.9. The zero-order chi connectivity index (χ0) is 10.7. The summed E-state index contributed by atoms with van der Waals surface area (Å²) >= 11 is 3.34. The lowest BCUT2D eigenvalue weighted by atomic mass is 10.2. The van der Waals surface area contributed by atoms with Gasteiger partial charge >= 0.3 is 0 Å². The standard InChI is InChI=1S/C11H9BrN2O/c1-15-11-7-8(5-6-13-11)9-3-2-4-10(12)14-9/h2-7H,1H3. The summed E-state index contributed by atoms with van der Waals surface area (Å²) in [5.74, 6) is 0.592. The van der Waals surface area contributed by atoms with Crippen LogP contribution in [0.15, 0.2) is 41.1 Å². The number of ether oxygens (including phenoxy) is 1. The molecule has 0 aliphatic carbocycles. The van der Waals surface area contributed by atoms with Gasteiger partial charge in [-0.1, -0.05) is 6.07 Å². The van der Waals surface area contributed by atoms with Gasteiger partial charge < -0.3 is 4.74 Å². The van der Waals surface area contributed by atoms with E-state index in [1.807, 2.05) is 30.3 Å². The maximum Gasteiger partial charge on any atom is 0.213 e. The first-order chi connectivity index (χ1) is 7.29. The second kappa shape index (κ2) is 4.40. The summed E-state index contributed by atoms with van der Waals surface area (Å²) in [4.78, 5) is 8.40. The summed E-state index contributed by atoms with van der Waals surface area (Å²) < 4.78 is 5.87. The van der Waals surface area contributed by atoms with Crippen LogP contribution in [0.25, 0.3) is 11.3 Å². The van der Waals surface area contributed by atoms with Crippen LogP contribution in [0, 0.1) is 0 Å². The summed E-state index contributed by atoms with van der Waals surface area (Å²) in [6.07, 6.45) is 1.71. The molecule has 0 atom stereocenters. The van der Waals surface area contributed by atoms with Gasteiger partial charge in [0.25, 0.3) is 0 Å². The van der Waals surface area contributed by atoms with Gasteiger partial charge in [0.2, 0.25) is 5.88 Å². The van der Waals surface area contributed by atoms with Gasteiger partial charge in [0.05, 0.1) is 12.8 Å². The molecule has 2 rings (SSSR count). The second-order valence-electron chi connectivity index (χ2n) is 2.93. The van der Waals surface area contributed by atoms with Gasteiger partial charge in [-0.15, -0.1) is 0 Å². The summed E-state index contributed by atoms with van der Waals surface area (Å²) in [6.45, 7) is 0. The van der Waals surface area contributed by atoms with Crippen molar-refractivity contribution in [2.24, 2.45) is 0 Å². The van der Waals surface area contributed by atoms with Gasteiger partial charge in [-0.3, -0.25) is 0 Å². The van der Waals surface area contributed by atoms with E-state index in [-0.39, 0.29) is 0 Å². The Balaban J connectivity index is 2.44. The first kappa shape index (κ1) is 10.1. The van der Waals surface area contributed by atoms with Crippen molar-refractivity contribution in [2.45, 2.75) is 0 Å². The predicted octanol–water partition coefficient (Wildman–Crippen LogP) is 2.91. The molecule has 0 radical (unpaired) electrons. The normalized spacial score (nSPS) is 10.0. The van der Waals surface area contributed by atoms with Crippen molar-refractivity contribution in [2.75, 3.05) is 7.11 Å². The van der Waals surface area contributed by atoms with E-state index in [9.17, 15) is 0 Å². The van der Waals surface area contributed by atoms with Crippen molar-refractivity contribution in [1.82, 2.24) is 9.97 Å². The maximum absolute atomic E-state index is 5.06. The maximum atomic E-state index is 5.06. The highest BCUT2D eigenvalue weighted by Crippen LogP contribution is 2.21. The molecule has 0 N–H and O–H groups in total. The first-order valence-electron chi connectivity index (χ1n) is 4.42. The SMILES string of the molecule is COc1cc(-c2cccc(Br)n2)ccn1. The van der Waals surface area contributed by atoms with Crippen molar-refractivity contribution in [1.29, 1.82) is 0 Å². The van der Waals surface area contributed by atoms with Crippen LogP contribution in [0.2, 0.25) is 0 Å². The molecule has 2 aromatic rings. The number of aromatic nitrogens is 2. The van der Waals surface area contributed by atoms with E-state index in [1.54, 1.807) is 13.3 Å². The van der Waals surface area contributed by atoms with Crippen LogP contribution < -0.4 is 4.74 Å². The number of hydrogen-bond acceptors (Lipinski definition) is 3. The number of rotatable bonds is 2. The number of halogens is 1. The summed E-state index contributed by atoms with van der Waals surface area (Å²) in [7, 11) is 1.60. The zero-order valence-electron chi connectivity index (χ0n) is 8.14. The van der Waals surface area contributed by atoms with E-state index < -0.39 is 0 Å². The lowest BCUT2D eigenvalue weighted by Crippen LogP contribution is -1.89. The van der Waals surface area contributed by atoms with Crippen molar-refractivity contribution in [3.05, 3.63) is 41.1 Å². The Kier molecular flexibility index (Phi) is 2.97. The van der Waals surface area contributed by atoms with Gasteiger partial charge in [0, 0.05) is 17.8 Å². The van der Waals surface area contributed by atoms with Crippen molar-refractivity contribution < 1.29 is 4.74 Å². The molecular weight excluding hydrogens is 256 g/mol. The molecule has 0 unspecified atom stereocenters. The molecule has 0 saturated carbocycles. The van der Waals surface area contributed by atoms with E-state index in [2.05, 4.69) is 25.9 Å². The fraction of sp³-hybridized carbons (Fsp3) is 0.0909. The third-order valence-electron chi connectivity index (χ3n) is 1.95. The van der Waals surface area contributed by atoms with E-state index in [0.29, 0.717) is 5.88 Å². The minimum absolute atomic E-state index is 0.592. The minimum atomic E-state index is 0.592. The van der Waals surface area contributed by atoms with E-state index >= 15 is 0 Å². The Morgan fingerprint density at radius 3 is 2.87 bits per heavy atom. The third kappa shape index (κ3) is 2.33. The smallest absolute Gasteiger partial charge is 0.213 e. The van der Waals surface area contributed by atoms with Crippen LogP contribution in [0.5, 0.6) is 5.88 Å². The summed E-state index contributed by atoms with van der Waals surface area (Å²) in [6, 6.07) is 9.53. The minimum Gasteiger partial charge on any atom is -0.481 e. The molecule has 2 aromatic heterocycles. The quantitative estimate of drug-likeness (QED) is 0.783. The molecule has 0 aliphatic rings. The van der Waals surface area contributed by atoms with Crippen LogP contribution in [0.1, 0.15) is 0 Å². The van der Waals surface area contributed by atoms with Crippen LogP contribution in [-0.2, 0) is 0 Å². The predicted molar refractivity (Wildman–Crippen MR) is 61.7 cm³/mol. The zero-order valence-corrected chi connectivity index (χ0v) is 9.73. The third-order valence-corrected chi connectivity index (χ3v) is 2.40. The molecule has 0 amide bonds. The average Bonchev–Trinajstić information content (AvgIpc) is 2.29. The molecule has 0 spiro atoms. The van der Waals surface area contributed by atoms with Crippen molar-refractivity contribution in [3.63, 3.8) is 0 Å². The monoisotopic (exact) mass is 264 g/mol. The summed E-state index contributed by atoms with van der Waals surface area (Å²) in [5, 5.41) is 0. The molecule has 0 saturated heterocycles. The first-order valence-corrected chi connectivity index (χ1v) is 5.22. The van der Waals surface area contributed by atoms with Crippen LogP contribution in [0.3, 0.4) is 0 Å². The van der Waals surface area contributed by atoms with E-state index in [1.165, 1.54) is 0 Å². The topological polar surface area (TPSA) is 35.0 Å². The number of pyridine rings is 2. The largest absolute Gasteiger partial charge is 0.481 e. The molecule has 2 heterocycles. The Labute approximate surface area is 96.3 Å². The van der Waals surface area contributed by atoms with Gasteiger partial charge in [-0.2, -0.15) is 0 Å². The highest BCUT2D eigenvalue weighted by Gasteiger charge is 2.01. The van der Waals surface area contributed by atoms with Gasteiger partial charge in [-0.25, -0.2) is 9.97 Å². The van der Waals surface area contributed by atoms with Gasteiger partial charge in [0.1, 0.15) is 4.60 Å². The molecular formula is C11H9BrN2O. The molecule has 0 aromatic carbocycles. The Hall–Kier alpha value is -1.42. The molecule has 76 valence electrons. The molecule has 0 aliphatic heterocycles. The van der Waals surface area contributed by atoms with Gasteiger partial charge in [0.15, 0.2) is 0 Å². The van der Waals surface area contributed by atoms with Gasteiger partial charge in [-0.05, 0) is 34.1 Å². The second-order valence-corrected chi connectivity index (χ2v) is 3.74.